The lowest BCUT2D eigenvalue weighted by Gasteiger charge is -2.10. The lowest BCUT2D eigenvalue weighted by atomic mass is 10.1. The molecule has 0 aromatic heterocycles. The van der Waals surface area contributed by atoms with E-state index in [9.17, 15) is 20.2 Å². The highest BCUT2D eigenvalue weighted by Crippen LogP contribution is 2.30. The first kappa shape index (κ1) is 22.6. The summed E-state index contributed by atoms with van der Waals surface area (Å²) in [6.45, 7) is 2.44. The number of nitrogens with zero attached hydrogens (tertiary/aromatic N) is 2. The maximum absolute atomic E-state index is 12.5. The van der Waals surface area contributed by atoms with Gasteiger partial charge in [0.05, 0.1) is 24.4 Å². The van der Waals surface area contributed by atoms with Gasteiger partial charge < -0.3 is 10.1 Å². The van der Waals surface area contributed by atoms with Gasteiger partial charge in [0.25, 0.3) is 11.6 Å². The molecule has 0 aliphatic carbocycles. The molecule has 10 heteroatoms. The fourth-order valence-corrected chi connectivity index (χ4v) is 4.76. The first-order chi connectivity index (χ1) is 13.3. The number of non-ortho nitro benzene ring substituents is 1. The number of benzene rings is 2. The number of amides is 1. The van der Waals surface area contributed by atoms with Crippen LogP contribution in [-0.4, -0.2) is 17.4 Å². The molecule has 0 aliphatic rings. The number of hydrogen-bond donors (Lipinski definition) is 1. The number of halogens is 3. The number of anilines is 1. The van der Waals surface area contributed by atoms with Crippen LogP contribution in [0.25, 0.3) is 6.08 Å². The average Bonchev–Trinajstić information content (AvgIpc) is 2.64. The van der Waals surface area contributed by atoms with Gasteiger partial charge >= 0.3 is 0 Å². The van der Waals surface area contributed by atoms with E-state index in [0.29, 0.717) is 22.3 Å². The summed E-state index contributed by atoms with van der Waals surface area (Å²) in [5, 5.41) is 22.8. The highest BCUT2D eigenvalue weighted by atomic mass is 127. The second-order valence-electron chi connectivity index (χ2n) is 5.29. The van der Waals surface area contributed by atoms with Crippen LogP contribution in [0.4, 0.5) is 11.4 Å². The lowest BCUT2D eigenvalue weighted by molar-refractivity contribution is -0.384. The molecular formula is C18H12BrI2N3O4. The fraction of sp³-hybridized carbons (Fsp3) is 0.111. The molecule has 0 unspecified atom stereocenters. The van der Waals surface area contributed by atoms with Crippen LogP contribution in [0.3, 0.4) is 0 Å². The molecule has 2 aromatic carbocycles. The second-order valence-corrected chi connectivity index (χ2v) is 8.47. The van der Waals surface area contributed by atoms with Crippen LogP contribution in [0, 0.1) is 28.6 Å². The molecule has 0 atom stereocenters. The Morgan fingerprint density at radius 1 is 1.36 bits per heavy atom. The van der Waals surface area contributed by atoms with E-state index < -0.39 is 10.8 Å². The van der Waals surface area contributed by atoms with Crippen molar-refractivity contribution in [1.82, 2.24) is 0 Å². The number of carbonyl (C=O) groups excluding carboxylic acids is 1. The molecule has 144 valence electrons. The van der Waals surface area contributed by atoms with Crippen molar-refractivity contribution in [2.24, 2.45) is 0 Å². The van der Waals surface area contributed by atoms with Crippen LogP contribution in [-0.2, 0) is 4.79 Å². The van der Waals surface area contributed by atoms with Crippen LogP contribution in [0.15, 0.2) is 40.4 Å². The van der Waals surface area contributed by atoms with Crippen molar-refractivity contribution in [3.8, 4) is 11.8 Å². The van der Waals surface area contributed by atoms with Crippen molar-refractivity contribution in [2.75, 3.05) is 11.9 Å². The number of nitriles is 1. The molecule has 2 rings (SSSR count). The van der Waals surface area contributed by atoms with Gasteiger partial charge in [-0.1, -0.05) is 0 Å². The number of hydrogen-bond acceptors (Lipinski definition) is 5. The predicted octanol–water partition coefficient (Wildman–Crippen LogP) is 5.51. The SMILES string of the molecule is CCOc1c(I)cc(/C=C(/C#N)C(=O)Nc2ccc([N+](=O)[O-])cc2Br)cc1I. The van der Waals surface area contributed by atoms with Gasteiger partial charge in [-0.05, 0) is 97.9 Å². The number of nitro benzene ring substituents is 1. The van der Waals surface area contributed by atoms with E-state index in [2.05, 4.69) is 66.4 Å². The second kappa shape index (κ2) is 10.2. The van der Waals surface area contributed by atoms with E-state index in [4.69, 9.17) is 4.74 Å². The van der Waals surface area contributed by atoms with E-state index >= 15 is 0 Å². The molecule has 0 saturated heterocycles. The number of nitro groups is 1. The zero-order chi connectivity index (χ0) is 20.8. The van der Waals surface area contributed by atoms with Crippen LogP contribution in [0.5, 0.6) is 5.75 Å². The summed E-state index contributed by atoms with van der Waals surface area (Å²) in [7, 11) is 0. The van der Waals surface area contributed by atoms with Gasteiger partial charge in [0.1, 0.15) is 17.4 Å². The van der Waals surface area contributed by atoms with Crippen LogP contribution in [0.1, 0.15) is 12.5 Å². The molecular weight excluding hydrogens is 656 g/mol. The Morgan fingerprint density at radius 3 is 2.50 bits per heavy atom. The normalized spacial score (nSPS) is 10.9. The average molecular weight is 668 g/mol. The van der Waals surface area contributed by atoms with Crippen molar-refractivity contribution >= 4 is 84.5 Å². The van der Waals surface area contributed by atoms with Gasteiger partial charge in [-0.3, -0.25) is 14.9 Å². The Bertz CT molecular complexity index is 995. The molecule has 1 amide bonds. The Kier molecular flexibility index (Phi) is 8.20. The first-order valence-corrected chi connectivity index (χ1v) is 10.7. The van der Waals surface area contributed by atoms with Gasteiger partial charge in [0.15, 0.2) is 0 Å². The molecule has 7 nitrogen and oxygen atoms in total. The topological polar surface area (TPSA) is 105 Å². The molecule has 0 fully saturated rings. The summed E-state index contributed by atoms with van der Waals surface area (Å²) in [4.78, 5) is 22.7. The summed E-state index contributed by atoms with van der Waals surface area (Å²) in [6.07, 6.45) is 1.48. The van der Waals surface area contributed by atoms with E-state index in [0.717, 1.165) is 12.9 Å². The van der Waals surface area contributed by atoms with E-state index in [-0.39, 0.29) is 11.3 Å². The van der Waals surface area contributed by atoms with Crippen molar-refractivity contribution in [3.05, 3.63) is 63.2 Å². The summed E-state index contributed by atoms with van der Waals surface area (Å²) in [5.74, 6) is 0.148. The Balaban J connectivity index is 2.29. The van der Waals surface area contributed by atoms with Gasteiger partial charge in [-0.25, -0.2) is 0 Å². The zero-order valence-electron chi connectivity index (χ0n) is 14.3. The minimum absolute atomic E-state index is 0.0963. The van der Waals surface area contributed by atoms with E-state index in [1.165, 1.54) is 24.3 Å². The molecule has 0 bridgehead atoms. The molecule has 28 heavy (non-hydrogen) atoms. The predicted molar refractivity (Wildman–Crippen MR) is 126 cm³/mol. The van der Waals surface area contributed by atoms with Crippen molar-refractivity contribution in [3.63, 3.8) is 0 Å². The minimum atomic E-state index is -0.615. The summed E-state index contributed by atoms with van der Waals surface area (Å²) in [6, 6.07) is 9.48. The Morgan fingerprint density at radius 2 is 2.00 bits per heavy atom. The third-order valence-corrected chi connectivity index (χ3v) is 5.66. The highest BCUT2D eigenvalue weighted by Gasteiger charge is 2.15. The number of rotatable bonds is 6. The molecule has 0 spiro atoms. The van der Waals surface area contributed by atoms with Crippen LogP contribution in [0.2, 0.25) is 0 Å². The van der Waals surface area contributed by atoms with Gasteiger partial charge in [0.2, 0.25) is 0 Å². The standard InChI is InChI=1S/C18H12BrI2N3O4/c1-2-28-17-14(20)6-10(7-15(17)21)5-11(9-22)18(25)23-16-4-3-12(24(26)27)8-13(16)19/h3-8H,2H2,1H3,(H,23,25)/b11-5-. The lowest BCUT2D eigenvalue weighted by Crippen LogP contribution is -2.14. The van der Waals surface area contributed by atoms with Crippen LogP contribution < -0.4 is 10.1 Å². The van der Waals surface area contributed by atoms with Gasteiger partial charge in [0, 0.05) is 16.6 Å². The largest absolute Gasteiger partial charge is 0.492 e. The quantitative estimate of drug-likeness (QED) is 0.144. The van der Waals surface area contributed by atoms with E-state index in [1.54, 1.807) is 0 Å². The number of ether oxygens (including phenoxy) is 1. The zero-order valence-corrected chi connectivity index (χ0v) is 20.2. The number of nitrogens with one attached hydrogen (secondary N) is 1. The molecule has 0 saturated carbocycles. The van der Waals surface area contributed by atoms with Gasteiger partial charge in [-0.2, -0.15) is 5.26 Å². The summed E-state index contributed by atoms with van der Waals surface area (Å²) < 4.78 is 7.67. The monoisotopic (exact) mass is 667 g/mol. The van der Waals surface area contributed by atoms with Crippen molar-refractivity contribution in [1.29, 1.82) is 5.26 Å². The summed E-state index contributed by atoms with van der Waals surface area (Å²) in [5.41, 5.74) is 0.805. The molecule has 1 N–H and O–H groups in total. The smallest absolute Gasteiger partial charge is 0.270 e. The third kappa shape index (κ3) is 5.65. The molecule has 0 radical (unpaired) electrons. The third-order valence-electron chi connectivity index (χ3n) is 3.40. The maximum atomic E-state index is 12.5. The minimum Gasteiger partial charge on any atom is -0.492 e. The summed E-state index contributed by atoms with van der Waals surface area (Å²) >= 11 is 7.46. The van der Waals surface area contributed by atoms with E-state index in [1.807, 2.05) is 25.1 Å². The fourth-order valence-electron chi connectivity index (χ4n) is 2.17. The Hall–Kier alpha value is -1.72. The van der Waals surface area contributed by atoms with Crippen molar-refractivity contribution in [2.45, 2.75) is 6.92 Å². The van der Waals surface area contributed by atoms with Crippen molar-refractivity contribution < 1.29 is 14.5 Å². The molecule has 0 aliphatic heterocycles. The van der Waals surface area contributed by atoms with Gasteiger partial charge in [-0.15, -0.1) is 0 Å². The highest BCUT2D eigenvalue weighted by molar-refractivity contribution is 14.1. The maximum Gasteiger partial charge on any atom is 0.270 e. The van der Waals surface area contributed by atoms with Crippen LogP contribution >= 0.6 is 61.1 Å². The molecule has 0 heterocycles. The molecule has 2 aromatic rings. The first-order valence-electron chi connectivity index (χ1n) is 7.75. The number of carbonyl (C=O) groups is 1. The Labute approximate surface area is 196 Å².